The third-order valence-electron chi connectivity index (χ3n) is 4.64. The van der Waals surface area contributed by atoms with Gasteiger partial charge in [0.25, 0.3) is 0 Å². The van der Waals surface area contributed by atoms with Crippen molar-refractivity contribution in [1.29, 1.82) is 0 Å². The Hall–Kier alpha value is -1.11. The lowest BCUT2D eigenvalue weighted by molar-refractivity contribution is -0.136. The molecule has 1 aliphatic heterocycles. The van der Waals surface area contributed by atoms with Gasteiger partial charge in [-0.15, -0.1) is 0 Å². The van der Waals surface area contributed by atoms with Gasteiger partial charge in [-0.3, -0.25) is 4.79 Å². The summed E-state index contributed by atoms with van der Waals surface area (Å²) in [5.41, 5.74) is 0.552. The molecule has 0 aliphatic carbocycles. The SMILES string of the molecule is CCN(CC)C(=O)C1CCCN(S(=O)(=O)c2cccc(Cl)c2C)C1. The zero-order valence-corrected chi connectivity index (χ0v) is 16.0. The van der Waals surface area contributed by atoms with Crippen molar-refractivity contribution in [1.82, 2.24) is 9.21 Å². The fourth-order valence-corrected chi connectivity index (χ4v) is 5.16. The smallest absolute Gasteiger partial charge is 0.243 e. The van der Waals surface area contributed by atoms with Gasteiger partial charge >= 0.3 is 0 Å². The summed E-state index contributed by atoms with van der Waals surface area (Å²) in [6, 6.07) is 4.90. The van der Waals surface area contributed by atoms with Crippen LogP contribution in [0.3, 0.4) is 0 Å². The first-order chi connectivity index (χ1) is 11.3. The summed E-state index contributed by atoms with van der Waals surface area (Å²) in [5, 5.41) is 0.434. The summed E-state index contributed by atoms with van der Waals surface area (Å²) >= 11 is 6.07. The van der Waals surface area contributed by atoms with Crippen LogP contribution in [0.25, 0.3) is 0 Å². The molecule has 0 bridgehead atoms. The zero-order valence-electron chi connectivity index (χ0n) is 14.5. The Bertz CT molecular complexity index is 702. The third-order valence-corrected chi connectivity index (χ3v) is 7.06. The number of nitrogens with zero attached hydrogens (tertiary/aromatic N) is 2. The highest BCUT2D eigenvalue weighted by Gasteiger charge is 2.35. The largest absolute Gasteiger partial charge is 0.343 e. The number of benzene rings is 1. The summed E-state index contributed by atoms with van der Waals surface area (Å²) in [6.07, 6.45) is 1.42. The number of sulfonamides is 1. The maximum absolute atomic E-state index is 13.0. The number of halogens is 1. The van der Waals surface area contributed by atoms with E-state index in [1.807, 2.05) is 13.8 Å². The summed E-state index contributed by atoms with van der Waals surface area (Å²) in [7, 11) is -3.64. The predicted octanol–water partition coefficient (Wildman–Crippen LogP) is 2.92. The number of hydrogen-bond acceptors (Lipinski definition) is 3. The Morgan fingerprint density at radius 1 is 1.33 bits per heavy atom. The first kappa shape index (κ1) is 19.2. The topological polar surface area (TPSA) is 57.7 Å². The minimum atomic E-state index is -3.64. The molecule has 7 heteroatoms. The second kappa shape index (κ2) is 7.85. The normalized spacial score (nSPS) is 19.2. The van der Waals surface area contributed by atoms with Gasteiger partial charge in [0.2, 0.25) is 15.9 Å². The van der Waals surface area contributed by atoms with E-state index in [4.69, 9.17) is 11.6 Å². The second-order valence-corrected chi connectivity index (χ2v) is 8.39. The molecule has 1 saturated heterocycles. The van der Waals surface area contributed by atoms with Gasteiger partial charge in [0.15, 0.2) is 0 Å². The van der Waals surface area contributed by atoms with Gasteiger partial charge in [-0.25, -0.2) is 8.42 Å². The van der Waals surface area contributed by atoms with Gasteiger partial charge in [-0.2, -0.15) is 4.31 Å². The van der Waals surface area contributed by atoms with Gasteiger partial charge in [-0.1, -0.05) is 17.7 Å². The Morgan fingerprint density at radius 3 is 2.62 bits per heavy atom. The third kappa shape index (κ3) is 3.76. The van der Waals surface area contributed by atoms with Gasteiger partial charge in [0.05, 0.1) is 10.8 Å². The summed E-state index contributed by atoms with van der Waals surface area (Å²) in [6.45, 7) is 7.55. The minimum absolute atomic E-state index is 0.0442. The van der Waals surface area contributed by atoms with Crippen LogP contribution in [0.15, 0.2) is 23.1 Å². The molecule has 1 fully saturated rings. The van der Waals surface area contributed by atoms with Crippen molar-refractivity contribution in [3.63, 3.8) is 0 Å². The summed E-state index contributed by atoms with van der Waals surface area (Å²) < 4.78 is 27.4. The molecule has 1 aliphatic rings. The maximum atomic E-state index is 13.0. The average molecular weight is 373 g/mol. The van der Waals surface area contributed by atoms with E-state index in [1.54, 1.807) is 30.0 Å². The van der Waals surface area contributed by atoms with E-state index in [0.29, 0.717) is 36.6 Å². The van der Waals surface area contributed by atoms with E-state index in [9.17, 15) is 13.2 Å². The van der Waals surface area contributed by atoms with Gasteiger partial charge in [0, 0.05) is 31.2 Å². The molecule has 5 nitrogen and oxygen atoms in total. The molecular formula is C17H25ClN2O3S. The fraction of sp³-hybridized carbons (Fsp3) is 0.588. The van der Waals surface area contributed by atoms with E-state index in [-0.39, 0.29) is 23.3 Å². The highest BCUT2D eigenvalue weighted by atomic mass is 35.5. The number of amides is 1. The van der Waals surface area contributed by atoms with Gasteiger partial charge in [0.1, 0.15) is 0 Å². The number of piperidine rings is 1. The Morgan fingerprint density at radius 2 is 2.00 bits per heavy atom. The van der Waals surface area contributed by atoms with E-state index in [0.717, 1.165) is 6.42 Å². The molecule has 0 saturated carbocycles. The van der Waals surface area contributed by atoms with Crippen molar-refractivity contribution < 1.29 is 13.2 Å². The lowest BCUT2D eigenvalue weighted by Gasteiger charge is -2.34. The van der Waals surface area contributed by atoms with E-state index in [1.165, 1.54) is 4.31 Å². The first-order valence-corrected chi connectivity index (χ1v) is 10.2. The molecule has 0 spiro atoms. The van der Waals surface area contributed by atoms with Crippen molar-refractivity contribution in [2.75, 3.05) is 26.2 Å². The Balaban J connectivity index is 2.25. The quantitative estimate of drug-likeness (QED) is 0.798. The van der Waals surface area contributed by atoms with Crippen LogP contribution < -0.4 is 0 Å². The highest BCUT2D eigenvalue weighted by Crippen LogP contribution is 2.29. The zero-order chi connectivity index (χ0) is 17.9. The molecule has 1 heterocycles. The van der Waals surface area contributed by atoms with E-state index in [2.05, 4.69) is 0 Å². The van der Waals surface area contributed by atoms with Crippen molar-refractivity contribution in [2.45, 2.75) is 38.5 Å². The van der Waals surface area contributed by atoms with Crippen LogP contribution in [0.1, 0.15) is 32.3 Å². The summed E-state index contributed by atoms with van der Waals surface area (Å²) in [4.78, 5) is 14.6. The molecule has 1 atom stereocenters. The molecule has 0 radical (unpaired) electrons. The number of hydrogen-bond donors (Lipinski definition) is 0. The van der Waals surface area contributed by atoms with Crippen LogP contribution in [0.5, 0.6) is 0 Å². The number of carbonyl (C=O) groups excluding carboxylic acids is 1. The van der Waals surface area contributed by atoms with Crippen molar-refractivity contribution in [3.8, 4) is 0 Å². The highest BCUT2D eigenvalue weighted by molar-refractivity contribution is 7.89. The van der Waals surface area contributed by atoms with Crippen LogP contribution in [0.4, 0.5) is 0 Å². The Labute approximate surface area is 149 Å². The molecule has 134 valence electrons. The lowest BCUT2D eigenvalue weighted by Crippen LogP contribution is -2.46. The Kier molecular flexibility index (Phi) is 6.28. The molecule has 1 aromatic rings. The minimum Gasteiger partial charge on any atom is -0.343 e. The van der Waals surface area contributed by atoms with Gasteiger partial charge in [-0.05, 0) is 51.3 Å². The molecule has 0 N–H and O–H groups in total. The van der Waals surface area contributed by atoms with Crippen LogP contribution in [-0.4, -0.2) is 49.7 Å². The van der Waals surface area contributed by atoms with Crippen molar-refractivity contribution in [2.24, 2.45) is 5.92 Å². The van der Waals surface area contributed by atoms with Crippen LogP contribution in [-0.2, 0) is 14.8 Å². The second-order valence-electron chi connectivity index (χ2n) is 6.08. The van der Waals surface area contributed by atoms with Crippen molar-refractivity contribution >= 4 is 27.5 Å². The van der Waals surface area contributed by atoms with Gasteiger partial charge < -0.3 is 4.90 Å². The van der Waals surface area contributed by atoms with E-state index < -0.39 is 10.0 Å². The molecule has 0 aromatic heterocycles. The fourth-order valence-electron chi connectivity index (χ4n) is 3.16. The average Bonchev–Trinajstić information content (AvgIpc) is 2.58. The monoisotopic (exact) mass is 372 g/mol. The molecule has 1 aromatic carbocycles. The van der Waals surface area contributed by atoms with Crippen LogP contribution >= 0.6 is 11.6 Å². The maximum Gasteiger partial charge on any atom is 0.243 e. The molecular weight excluding hydrogens is 348 g/mol. The molecule has 2 rings (SSSR count). The lowest BCUT2D eigenvalue weighted by atomic mass is 9.98. The van der Waals surface area contributed by atoms with Crippen molar-refractivity contribution in [3.05, 3.63) is 28.8 Å². The summed E-state index contributed by atoms with van der Waals surface area (Å²) in [5.74, 6) is -0.226. The number of rotatable bonds is 5. The standard InChI is InChI=1S/C17H25ClN2O3S/c1-4-19(5-2)17(21)14-8-7-11-20(12-14)24(22,23)16-10-6-9-15(18)13(16)3/h6,9-10,14H,4-5,7-8,11-12H2,1-3H3. The van der Waals surface area contributed by atoms with E-state index >= 15 is 0 Å². The van der Waals surface area contributed by atoms with Crippen LogP contribution in [0, 0.1) is 12.8 Å². The molecule has 1 amide bonds. The van der Waals surface area contributed by atoms with Crippen LogP contribution in [0.2, 0.25) is 5.02 Å². The number of carbonyl (C=O) groups is 1. The molecule has 24 heavy (non-hydrogen) atoms. The molecule has 1 unspecified atom stereocenters. The first-order valence-electron chi connectivity index (χ1n) is 8.37. The predicted molar refractivity (Wildman–Crippen MR) is 95.6 cm³/mol.